The smallest absolute Gasteiger partial charge is 0.253 e. The van der Waals surface area contributed by atoms with Crippen LogP contribution in [0.15, 0.2) is 22.7 Å². The first-order valence-electron chi connectivity index (χ1n) is 6.97. The fourth-order valence-corrected chi connectivity index (χ4v) is 3.05. The van der Waals surface area contributed by atoms with Gasteiger partial charge in [-0.25, -0.2) is 0 Å². The van der Waals surface area contributed by atoms with E-state index in [4.69, 9.17) is 11.6 Å². The maximum atomic E-state index is 12.5. The minimum atomic E-state index is 0.0503. The van der Waals surface area contributed by atoms with Gasteiger partial charge in [-0.05, 0) is 53.5 Å². The molecule has 5 heteroatoms. The third-order valence-corrected chi connectivity index (χ3v) is 5.27. The summed E-state index contributed by atoms with van der Waals surface area (Å²) in [5.74, 6) is 0.0503. The highest BCUT2D eigenvalue weighted by Gasteiger charge is 2.25. The molecule has 0 N–H and O–H groups in total. The molecule has 1 aromatic rings. The van der Waals surface area contributed by atoms with Gasteiger partial charge in [-0.2, -0.15) is 0 Å². The van der Waals surface area contributed by atoms with Crippen LogP contribution >= 0.6 is 27.5 Å². The molecule has 0 atom stereocenters. The van der Waals surface area contributed by atoms with Crippen LogP contribution in [-0.2, 0) is 0 Å². The fraction of sp³-hybridized carbons (Fsp3) is 0.533. The highest BCUT2D eigenvalue weighted by atomic mass is 79.9. The molecule has 110 valence electrons. The Morgan fingerprint density at radius 1 is 1.45 bits per heavy atom. The molecule has 0 spiro atoms. The zero-order valence-corrected chi connectivity index (χ0v) is 14.2. The Kier molecular flexibility index (Phi) is 5.47. The molecule has 1 aliphatic heterocycles. The van der Waals surface area contributed by atoms with Gasteiger partial charge in [0, 0.05) is 36.2 Å². The predicted molar refractivity (Wildman–Crippen MR) is 86.4 cm³/mol. The molecule has 0 aliphatic carbocycles. The van der Waals surface area contributed by atoms with Gasteiger partial charge in [0.15, 0.2) is 0 Å². The van der Waals surface area contributed by atoms with Gasteiger partial charge in [-0.3, -0.25) is 4.79 Å². The number of carbonyl (C=O) groups is 1. The molecule has 0 radical (unpaired) electrons. The molecule has 0 unspecified atom stereocenters. The Bertz CT molecular complexity index is 487. The van der Waals surface area contributed by atoms with Crippen molar-refractivity contribution >= 4 is 33.4 Å². The summed E-state index contributed by atoms with van der Waals surface area (Å²) in [5, 5.41) is 0.574. The van der Waals surface area contributed by atoms with Crippen molar-refractivity contribution in [2.24, 2.45) is 0 Å². The van der Waals surface area contributed by atoms with Gasteiger partial charge in [-0.1, -0.05) is 18.5 Å². The minimum absolute atomic E-state index is 0.0503. The molecule has 3 nitrogen and oxygen atoms in total. The van der Waals surface area contributed by atoms with Crippen molar-refractivity contribution in [2.75, 3.05) is 26.7 Å². The molecule has 0 bridgehead atoms. The first-order chi connectivity index (χ1) is 9.52. The summed E-state index contributed by atoms with van der Waals surface area (Å²) in [4.78, 5) is 16.8. The summed E-state index contributed by atoms with van der Waals surface area (Å²) in [6.07, 6.45) is 2.08. The Morgan fingerprint density at radius 2 is 2.10 bits per heavy atom. The molecule has 0 aromatic heterocycles. The van der Waals surface area contributed by atoms with E-state index < -0.39 is 0 Å². The topological polar surface area (TPSA) is 23.6 Å². The molecule has 1 saturated heterocycles. The van der Waals surface area contributed by atoms with E-state index in [0.717, 1.165) is 36.9 Å². The van der Waals surface area contributed by atoms with E-state index in [9.17, 15) is 4.79 Å². The molecule has 0 saturated carbocycles. The van der Waals surface area contributed by atoms with Crippen molar-refractivity contribution in [3.63, 3.8) is 0 Å². The molecule has 2 rings (SSSR count). The Morgan fingerprint density at radius 3 is 2.65 bits per heavy atom. The van der Waals surface area contributed by atoms with Crippen molar-refractivity contribution in [1.82, 2.24) is 9.80 Å². The largest absolute Gasteiger partial charge is 0.339 e. The second-order valence-corrected chi connectivity index (χ2v) is 6.47. The normalized spacial score (nSPS) is 17.2. The molecule has 1 aliphatic rings. The van der Waals surface area contributed by atoms with Crippen molar-refractivity contribution < 1.29 is 4.79 Å². The zero-order valence-electron chi connectivity index (χ0n) is 11.9. The van der Waals surface area contributed by atoms with Crippen LogP contribution < -0.4 is 0 Å². The lowest BCUT2D eigenvalue weighted by molar-refractivity contribution is 0.0647. The van der Waals surface area contributed by atoms with E-state index in [0.29, 0.717) is 16.6 Å². The van der Waals surface area contributed by atoms with E-state index in [1.807, 2.05) is 24.1 Å². The van der Waals surface area contributed by atoms with Crippen LogP contribution in [0.2, 0.25) is 5.02 Å². The quantitative estimate of drug-likeness (QED) is 0.822. The number of amides is 1. The van der Waals surface area contributed by atoms with Crippen molar-refractivity contribution in [3.8, 4) is 0 Å². The predicted octanol–water partition coefficient (Wildman–Crippen LogP) is 3.66. The summed E-state index contributed by atoms with van der Waals surface area (Å²) in [5.41, 5.74) is 0.652. The van der Waals surface area contributed by atoms with Gasteiger partial charge in [0.05, 0.1) is 5.02 Å². The van der Waals surface area contributed by atoms with Gasteiger partial charge in [0.1, 0.15) is 0 Å². The number of hydrogen-bond acceptors (Lipinski definition) is 2. The van der Waals surface area contributed by atoms with E-state index in [-0.39, 0.29) is 5.91 Å². The second kappa shape index (κ2) is 6.92. The fourth-order valence-electron chi connectivity index (χ4n) is 2.62. The lowest BCUT2D eigenvalue weighted by atomic mass is 10.0. The van der Waals surface area contributed by atoms with Crippen LogP contribution in [-0.4, -0.2) is 48.4 Å². The average molecular weight is 360 g/mol. The number of hydrogen-bond donors (Lipinski definition) is 0. The minimum Gasteiger partial charge on any atom is -0.339 e. The van der Waals surface area contributed by atoms with E-state index in [2.05, 4.69) is 27.8 Å². The third-order valence-electron chi connectivity index (χ3n) is 4.04. The third kappa shape index (κ3) is 3.54. The summed E-state index contributed by atoms with van der Waals surface area (Å²) in [6, 6.07) is 5.69. The van der Waals surface area contributed by atoms with Crippen molar-refractivity contribution in [2.45, 2.75) is 25.8 Å². The van der Waals surface area contributed by atoms with Crippen LogP contribution in [0.4, 0.5) is 0 Å². The van der Waals surface area contributed by atoms with Gasteiger partial charge < -0.3 is 9.80 Å². The lowest BCUT2D eigenvalue weighted by Gasteiger charge is -2.36. The highest BCUT2D eigenvalue weighted by molar-refractivity contribution is 9.10. The number of carbonyl (C=O) groups excluding carboxylic acids is 1. The van der Waals surface area contributed by atoms with Gasteiger partial charge >= 0.3 is 0 Å². The van der Waals surface area contributed by atoms with Gasteiger partial charge in [0.25, 0.3) is 5.91 Å². The van der Waals surface area contributed by atoms with E-state index in [1.54, 1.807) is 6.07 Å². The zero-order chi connectivity index (χ0) is 14.7. The second-order valence-electron chi connectivity index (χ2n) is 5.21. The molecule has 1 fully saturated rings. The molecule has 1 amide bonds. The monoisotopic (exact) mass is 358 g/mol. The number of benzene rings is 1. The number of rotatable bonds is 3. The highest BCUT2D eigenvalue weighted by Crippen LogP contribution is 2.25. The van der Waals surface area contributed by atoms with Crippen LogP contribution in [0.5, 0.6) is 0 Å². The van der Waals surface area contributed by atoms with Gasteiger partial charge in [-0.15, -0.1) is 0 Å². The summed E-state index contributed by atoms with van der Waals surface area (Å²) < 4.78 is 0.814. The Labute approximate surface area is 134 Å². The lowest BCUT2D eigenvalue weighted by Crippen LogP contribution is -2.45. The number of likely N-dealkylation sites (tertiary alicyclic amines) is 1. The number of nitrogens with zero attached hydrogens (tertiary/aromatic N) is 2. The van der Waals surface area contributed by atoms with Crippen molar-refractivity contribution in [1.29, 1.82) is 0 Å². The summed E-state index contributed by atoms with van der Waals surface area (Å²) >= 11 is 9.41. The van der Waals surface area contributed by atoms with Gasteiger partial charge in [0.2, 0.25) is 0 Å². The maximum absolute atomic E-state index is 12.5. The molecular formula is C15H20BrClN2O. The molecular weight excluding hydrogens is 340 g/mol. The number of halogens is 2. The Hall–Kier alpha value is -0.580. The molecule has 20 heavy (non-hydrogen) atoms. The van der Waals surface area contributed by atoms with Crippen LogP contribution in [0.25, 0.3) is 0 Å². The summed E-state index contributed by atoms with van der Waals surface area (Å²) in [6.45, 7) is 5.41. The molecule has 1 heterocycles. The van der Waals surface area contributed by atoms with Crippen LogP contribution in [0.3, 0.4) is 0 Å². The van der Waals surface area contributed by atoms with E-state index in [1.165, 1.54) is 0 Å². The van der Waals surface area contributed by atoms with Crippen LogP contribution in [0.1, 0.15) is 30.1 Å². The SMILES string of the molecule is CCN1CCC(N(C)C(=O)c2ccc(Br)c(Cl)c2)CC1. The maximum Gasteiger partial charge on any atom is 0.253 e. The van der Waals surface area contributed by atoms with Crippen molar-refractivity contribution in [3.05, 3.63) is 33.3 Å². The standard InChI is InChI=1S/C15H20BrClN2O/c1-3-19-8-6-12(7-9-19)18(2)15(20)11-4-5-13(16)14(17)10-11/h4-5,10,12H,3,6-9H2,1-2H3. The first kappa shape index (κ1) is 15.8. The molecule has 1 aromatic carbocycles. The average Bonchev–Trinajstić information content (AvgIpc) is 2.48. The van der Waals surface area contributed by atoms with E-state index >= 15 is 0 Å². The Balaban J connectivity index is 2.03. The number of piperidine rings is 1. The van der Waals surface area contributed by atoms with Crippen LogP contribution in [0, 0.1) is 0 Å². The first-order valence-corrected chi connectivity index (χ1v) is 8.14. The summed E-state index contributed by atoms with van der Waals surface area (Å²) in [7, 11) is 1.89.